The molecule has 11 heteroatoms. The summed E-state index contributed by atoms with van der Waals surface area (Å²) in [5.74, 6) is 0.0181. The molecule has 2 aromatic heterocycles. The summed E-state index contributed by atoms with van der Waals surface area (Å²) in [7, 11) is 0. The molecule has 222 valence electrons. The summed E-state index contributed by atoms with van der Waals surface area (Å²) < 4.78 is 33.5. The number of carbonyl (C=O) groups is 1. The molecule has 0 aliphatic carbocycles. The minimum Gasteiger partial charge on any atom is -0.458 e. The molecule has 0 unspecified atom stereocenters. The van der Waals surface area contributed by atoms with Gasteiger partial charge in [0.05, 0.1) is 53.1 Å². The summed E-state index contributed by atoms with van der Waals surface area (Å²) in [5, 5.41) is 8.96. The number of hydrogen-bond acceptors (Lipinski definition) is 9. The van der Waals surface area contributed by atoms with Gasteiger partial charge in [0, 0.05) is 31.5 Å². The first-order chi connectivity index (χ1) is 20.6. The molecule has 4 aromatic rings. The van der Waals surface area contributed by atoms with E-state index in [0.29, 0.717) is 30.8 Å². The van der Waals surface area contributed by atoms with Gasteiger partial charge < -0.3 is 18.8 Å². The lowest BCUT2D eigenvalue weighted by atomic mass is 10.1. The molecule has 0 N–H and O–H groups in total. The first kappa shape index (κ1) is 28.7. The van der Waals surface area contributed by atoms with Crippen molar-refractivity contribution in [3.63, 3.8) is 0 Å². The number of ether oxygens (including phenoxy) is 3. The van der Waals surface area contributed by atoms with E-state index in [1.807, 2.05) is 39.0 Å². The zero-order valence-electron chi connectivity index (χ0n) is 24.5. The van der Waals surface area contributed by atoms with Crippen LogP contribution < -0.4 is 4.74 Å². The molecule has 2 aliphatic heterocycles. The fourth-order valence-corrected chi connectivity index (χ4v) is 5.21. The molecule has 6 rings (SSSR count). The van der Waals surface area contributed by atoms with Crippen molar-refractivity contribution in [2.24, 2.45) is 0 Å². The summed E-state index contributed by atoms with van der Waals surface area (Å²) in [6.45, 7) is 8.88. The average molecular weight is 585 g/mol. The van der Waals surface area contributed by atoms with Gasteiger partial charge in [-0.05, 0) is 69.5 Å². The fourth-order valence-electron chi connectivity index (χ4n) is 5.21. The van der Waals surface area contributed by atoms with Crippen molar-refractivity contribution in [3.05, 3.63) is 82.2 Å². The number of nitrogens with zero attached hydrogens (tertiary/aromatic N) is 6. The van der Waals surface area contributed by atoms with Gasteiger partial charge in [-0.3, -0.25) is 4.90 Å². The molecule has 2 aliphatic rings. The van der Waals surface area contributed by atoms with Gasteiger partial charge in [0.25, 0.3) is 0 Å². The Morgan fingerprint density at radius 3 is 2.77 bits per heavy atom. The first-order valence-corrected chi connectivity index (χ1v) is 14.4. The lowest BCUT2D eigenvalue weighted by Crippen LogP contribution is -2.34. The Bertz CT molecular complexity index is 1720. The highest BCUT2D eigenvalue weighted by molar-refractivity contribution is 5.94. The smallest absolute Gasteiger partial charge is 0.338 e. The minimum atomic E-state index is -0.587. The molecule has 0 saturated carbocycles. The van der Waals surface area contributed by atoms with Crippen LogP contribution in [0.2, 0.25) is 0 Å². The Labute approximate surface area is 249 Å². The van der Waals surface area contributed by atoms with Gasteiger partial charge in [-0.15, -0.1) is 0 Å². The van der Waals surface area contributed by atoms with Crippen molar-refractivity contribution in [2.45, 2.75) is 71.6 Å². The van der Waals surface area contributed by atoms with Gasteiger partial charge in [-0.2, -0.15) is 10.2 Å². The second-order valence-corrected chi connectivity index (χ2v) is 11.9. The normalized spacial score (nSPS) is 16.8. The van der Waals surface area contributed by atoms with E-state index in [1.54, 1.807) is 18.3 Å². The summed E-state index contributed by atoms with van der Waals surface area (Å²) in [4.78, 5) is 29.0. The molecule has 1 atom stereocenters. The number of nitriles is 1. The number of halogens is 1. The summed E-state index contributed by atoms with van der Waals surface area (Å²) in [6.07, 6.45) is 3.63. The van der Waals surface area contributed by atoms with Crippen LogP contribution in [0.3, 0.4) is 0 Å². The van der Waals surface area contributed by atoms with Crippen LogP contribution in [0, 0.1) is 17.1 Å². The average Bonchev–Trinajstić information content (AvgIpc) is 3.28. The maximum Gasteiger partial charge on any atom is 0.338 e. The molecule has 43 heavy (non-hydrogen) atoms. The zero-order valence-corrected chi connectivity index (χ0v) is 24.5. The van der Waals surface area contributed by atoms with E-state index in [-0.39, 0.29) is 30.3 Å². The summed E-state index contributed by atoms with van der Waals surface area (Å²) >= 11 is 0. The van der Waals surface area contributed by atoms with Gasteiger partial charge in [-0.1, -0.05) is 6.07 Å². The van der Waals surface area contributed by atoms with Crippen LogP contribution in [-0.2, 0) is 42.1 Å². The third-order valence-electron chi connectivity index (χ3n) is 7.55. The maximum atomic E-state index is 14.3. The van der Waals surface area contributed by atoms with Crippen molar-refractivity contribution >= 4 is 17.0 Å². The zero-order chi connectivity index (χ0) is 30.1. The predicted octanol–water partition coefficient (Wildman–Crippen LogP) is 4.72. The van der Waals surface area contributed by atoms with Gasteiger partial charge in [0.1, 0.15) is 23.8 Å². The van der Waals surface area contributed by atoms with E-state index in [2.05, 4.69) is 19.4 Å². The van der Waals surface area contributed by atoms with E-state index in [1.165, 1.54) is 12.1 Å². The summed E-state index contributed by atoms with van der Waals surface area (Å²) in [5.41, 5.74) is 4.07. The van der Waals surface area contributed by atoms with Crippen LogP contribution >= 0.6 is 0 Å². The van der Waals surface area contributed by atoms with Crippen LogP contribution in [0.15, 0.2) is 42.6 Å². The first-order valence-electron chi connectivity index (χ1n) is 14.4. The number of aromatic nitrogens is 4. The lowest BCUT2D eigenvalue weighted by Gasteiger charge is -2.30. The standard InChI is InChI=1S/C32H33FN6O4/c1-32(2,3)43-30(40)21-6-7-26-28(13-21)39(16-24-9-11-41-24)29(36-26)18-38-10-8-22-15-35-31(37-27(22)17-38)42-19-23-5-4-20(14-34)12-25(23)33/h4-7,12-13,15,24H,8-11,16-19H2,1-3H3/t24-/m0/s1. The topological polar surface area (TPSA) is 115 Å². The Morgan fingerprint density at radius 1 is 1.21 bits per heavy atom. The van der Waals surface area contributed by atoms with E-state index >= 15 is 0 Å². The fraction of sp³-hybridized carbons (Fsp3) is 0.406. The molecule has 1 saturated heterocycles. The number of rotatable bonds is 8. The molecule has 0 radical (unpaired) electrons. The Morgan fingerprint density at radius 2 is 2.05 bits per heavy atom. The van der Waals surface area contributed by atoms with E-state index in [0.717, 1.165) is 54.1 Å². The van der Waals surface area contributed by atoms with Gasteiger partial charge in [-0.25, -0.2) is 19.2 Å². The maximum absolute atomic E-state index is 14.3. The van der Waals surface area contributed by atoms with Crippen molar-refractivity contribution in [1.82, 2.24) is 24.4 Å². The molecule has 10 nitrogen and oxygen atoms in total. The third kappa shape index (κ3) is 6.50. The van der Waals surface area contributed by atoms with E-state index in [9.17, 15) is 9.18 Å². The van der Waals surface area contributed by atoms with Gasteiger partial charge in [0.15, 0.2) is 0 Å². The Balaban J connectivity index is 1.20. The number of hydrogen-bond donors (Lipinski definition) is 0. The van der Waals surface area contributed by atoms with Crippen molar-refractivity contribution < 1.29 is 23.4 Å². The van der Waals surface area contributed by atoms with Gasteiger partial charge >= 0.3 is 12.0 Å². The second-order valence-electron chi connectivity index (χ2n) is 11.9. The van der Waals surface area contributed by atoms with Crippen LogP contribution in [0.1, 0.15) is 65.8 Å². The SMILES string of the molecule is CC(C)(C)OC(=O)c1ccc2nc(CN3CCc4cnc(OCc5ccc(C#N)cc5F)nc4C3)n(C[C@@H]3CCO3)c2c1. The largest absolute Gasteiger partial charge is 0.458 e. The Kier molecular flexibility index (Phi) is 7.81. The number of imidazole rings is 1. The molecule has 0 amide bonds. The highest BCUT2D eigenvalue weighted by atomic mass is 19.1. The molecule has 0 spiro atoms. The number of benzene rings is 2. The number of esters is 1. The van der Waals surface area contributed by atoms with Crippen LogP contribution in [-0.4, -0.2) is 55.2 Å². The molecular weight excluding hydrogens is 551 g/mol. The van der Waals surface area contributed by atoms with Gasteiger partial charge in [0.2, 0.25) is 0 Å². The number of fused-ring (bicyclic) bond motifs is 2. The van der Waals surface area contributed by atoms with E-state index < -0.39 is 11.4 Å². The highest BCUT2D eigenvalue weighted by Crippen LogP contribution is 2.26. The number of carbonyl (C=O) groups excluding carboxylic acids is 1. The van der Waals surface area contributed by atoms with Crippen molar-refractivity contribution in [2.75, 3.05) is 13.2 Å². The second kappa shape index (κ2) is 11.7. The molecular formula is C32H33FN6O4. The molecule has 2 aromatic carbocycles. The van der Waals surface area contributed by atoms with Crippen LogP contribution in [0.25, 0.3) is 11.0 Å². The third-order valence-corrected chi connectivity index (χ3v) is 7.55. The Hall–Kier alpha value is -4.40. The minimum absolute atomic E-state index is 0.0431. The van der Waals surface area contributed by atoms with Crippen molar-refractivity contribution in [3.8, 4) is 12.1 Å². The quantitative estimate of drug-likeness (QED) is 0.271. The summed E-state index contributed by atoms with van der Waals surface area (Å²) in [6, 6.07) is 11.9. The predicted molar refractivity (Wildman–Crippen MR) is 155 cm³/mol. The highest BCUT2D eigenvalue weighted by Gasteiger charge is 2.26. The lowest BCUT2D eigenvalue weighted by molar-refractivity contribution is -0.0592. The molecule has 4 heterocycles. The monoisotopic (exact) mass is 584 g/mol. The van der Waals surface area contributed by atoms with Crippen molar-refractivity contribution in [1.29, 1.82) is 5.26 Å². The van der Waals surface area contributed by atoms with E-state index in [4.69, 9.17) is 24.5 Å². The molecule has 1 fully saturated rings. The molecule has 0 bridgehead atoms. The van der Waals surface area contributed by atoms with Crippen LogP contribution in [0.4, 0.5) is 4.39 Å². The van der Waals surface area contributed by atoms with Crippen LogP contribution in [0.5, 0.6) is 6.01 Å².